The van der Waals surface area contributed by atoms with Crippen LogP contribution in [0, 0.1) is 14.9 Å². The SMILES string of the molecule is CC.[CH3-].[CH3-].[Fe+4].c1cc2nccc(N3CCCC3)c2[cH-]1.c1ccc(-c2c(-c3ccccc3)c(-c3ccccc3)[c-](-c3ccccc3)c2-c2ccccc2)cc1. The van der Waals surface area contributed by atoms with Crippen molar-refractivity contribution in [2.24, 2.45) is 0 Å². The quantitative estimate of drug-likeness (QED) is 0.124. The van der Waals surface area contributed by atoms with Crippen LogP contribution in [0.4, 0.5) is 5.69 Å². The average molecular weight is 747 g/mol. The van der Waals surface area contributed by atoms with Crippen LogP contribution in [0.3, 0.4) is 0 Å². The Balaban J connectivity index is 0.000000288. The first kappa shape index (κ1) is 41.3. The molecule has 272 valence electrons. The molecule has 2 heterocycles. The monoisotopic (exact) mass is 746 g/mol. The van der Waals surface area contributed by atoms with Gasteiger partial charge in [0.2, 0.25) is 0 Å². The standard InChI is InChI=1S/C35H25.C12H13N2.C2H6.2CH3.Fe/c1-6-16-26(17-7-1)31-32(27-18-8-2-9-19-27)34(29-22-12-4-13-23-29)35(30-24-14-5-15-25-30)33(31)28-20-10-3-11-21-28;1-2-9-14(8-1)12-6-7-13-11-5-3-4-10(11)12;1-2;;;/h1-25H;3-7H,1-2,8-9H2;1-2H3;2*1H3;/q2*-1;;2*-1;+4. The first-order valence-electron chi connectivity index (χ1n) is 18.3. The Morgan fingerprint density at radius 2 is 0.926 bits per heavy atom. The van der Waals surface area contributed by atoms with Crippen LogP contribution in [0.25, 0.3) is 66.5 Å². The molecule has 0 aliphatic carbocycles. The number of aromatic nitrogens is 1. The van der Waals surface area contributed by atoms with E-state index in [1.807, 2.05) is 20.0 Å². The Hall–Kier alpha value is -5.47. The summed E-state index contributed by atoms with van der Waals surface area (Å²) in [7, 11) is 0. The fourth-order valence-electron chi connectivity index (χ4n) is 7.34. The minimum Gasteiger partial charge on any atom is -0.410 e. The normalized spacial score (nSPS) is 11.5. The van der Waals surface area contributed by atoms with Gasteiger partial charge < -0.3 is 24.7 Å². The van der Waals surface area contributed by atoms with Gasteiger partial charge in [0, 0.05) is 19.3 Å². The Bertz CT molecular complexity index is 1950. The molecule has 54 heavy (non-hydrogen) atoms. The Labute approximate surface area is 334 Å². The maximum atomic E-state index is 4.35. The summed E-state index contributed by atoms with van der Waals surface area (Å²) >= 11 is 0. The van der Waals surface area contributed by atoms with Gasteiger partial charge in [-0.25, -0.2) is 0 Å². The number of pyridine rings is 1. The Morgan fingerprint density at radius 1 is 0.519 bits per heavy atom. The molecule has 0 radical (unpaired) electrons. The summed E-state index contributed by atoms with van der Waals surface area (Å²) < 4.78 is 0. The van der Waals surface area contributed by atoms with E-state index >= 15 is 0 Å². The molecule has 1 aromatic heterocycles. The molecule has 0 atom stereocenters. The summed E-state index contributed by atoms with van der Waals surface area (Å²) in [4.78, 5) is 6.81. The number of benzene rings is 5. The molecule has 0 N–H and O–H groups in total. The molecule has 7 aromatic carbocycles. The van der Waals surface area contributed by atoms with Gasteiger partial charge in [0.05, 0.1) is 0 Å². The summed E-state index contributed by atoms with van der Waals surface area (Å²) in [5, 5.41) is 1.30. The van der Waals surface area contributed by atoms with E-state index in [0.717, 1.165) is 5.52 Å². The van der Waals surface area contributed by atoms with Gasteiger partial charge in [-0.3, -0.25) is 0 Å². The predicted octanol–water partition coefficient (Wildman–Crippen LogP) is 14.2. The summed E-state index contributed by atoms with van der Waals surface area (Å²) in [5.41, 5.74) is 15.0. The van der Waals surface area contributed by atoms with Gasteiger partial charge in [-0.15, -0.1) is 11.5 Å². The minimum absolute atomic E-state index is 0. The van der Waals surface area contributed by atoms with Crippen molar-refractivity contribution in [1.29, 1.82) is 0 Å². The van der Waals surface area contributed by atoms with Crippen molar-refractivity contribution in [3.63, 3.8) is 0 Å². The molecule has 1 aliphatic heterocycles. The number of nitrogens with zero attached hydrogens (tertiary/aromatic N) is 2. The molecule has 8 aromatic rings. The third kappa shape index (κ3) is 8.66. The molecule has 3 heteroatoms. The van der Waals surface area contributed by atoms with Crippen molar-refractivity contribution in [2.45, 2.75) is 26.7 Å². The van der Waals surface area contributed by atoms with Gasteiger partial charge in [0.25, 0.3) is 0 Å². The molecule has 1 aliphatic rings. The van der Waals surface area contributed by atoms with Crippen LogP contribution in [0.5, 0.6) is 0 Å². The minimum atomic E-state index is 0. The summed E-state index contributed by atoms with van der Waals surface area (Å²) in [6, 6.07) is 62.6. The second kappa shape index (κ2) is 20.1. The van der Waals surface area contributed by atoms with E-state index < -0.39 is 0 Å². The van der Waals surface area contributed by atoms with Crippen molar-refractivity contribution in [3.8, 4) is 55.6 Å². The zero-order valence-electron chi connectivity index (χ0n) is 31.9. The van der Waals surface area contributed by atoms with Gasteiger partial charge in [-0.1, -0.05) is 222 Å². The van der Waals surface area contributed by atoms with Gasteiger partial charge in [-0.2, -0.15) is 12.1 Å². The second-order valence-corrected chi connectivity index (χ2v) is 12.6. The maximum Gasteiger partial charge on any atom is 4.00 e. The van der Waals surface area contributed by atoms with Gasteiger partial charge >= 0.3 is 17.1 Å². The van der Waals surface area contributed by atoms with Crippen molar-refractivity contribution in [3.05, 3.63) is 197 Å². The Kier molecular flexibility index (Phi) is 15.4. The smallest absolute Gasteiger partial charge is 0.410 e. The molecule has 0 saturated carbocycles. The van der Waals surface area contributed by atoms with Crippen molar-refractivity contribution >= 4 is 16.6 Å². The molecule has 0 bridgehead atoms. The third-order valence-corrected chi connectivity index (χ3v) is 9.52. The maximum absolute atomic E-state index is 4.35. The zero-order chi connectivity index (χ0) is 34.8. The van der Waals surface area contributed by atoms with Crippen LogP contribution in [0.1, 0.15) is 26.7 Å². The van der Waals surface area contributed by atoms with Crippen LogP contribution in [-0.2, 0) is 17.1 Å². The van der Waals surface area contributed by atoms with Crippen molar-refractivity contribution in [2.75, 3.05) is 18.0 Å². The van der Waals surface area contributed by atoms with Gasteiger partial charge in [0.1, 0.15) is 0 Å². The predicted molar refractivity (Wildman–Crippen MR) is 232 cm³/mol. The van der Waals surface area contributed by atoms with Crippen LogP contribution in [-0.4, -0.2) is 18.1 Å². The molecular weight excluding hydrogens is 696 g/mol. The number of anilines is 1. The second-order valence-electron chi connectivity index (χ2n) is 12.6. The van der Waals surface area contributed by atoms with Crippen molar-refractivity contribution < 1.29 is 17.1 Å². The molecule has 1 fully saturated rings. The zero-order valence-corrected chi connectivity index (χ0v) is 33.0. The fraction of sp³-hybridized carbons (Fsp3) is 0.118. The van der Waals surface area contributed by atoms with E-state index in [9.17, 15) is 0 Å². The fourth-order valence-corrected chi connectivity index (χ4v) is 7.34. The summed E-state index contributed by atoms with van der Waals surface area (Å²) in [6.45, 7) is 6.40. The Morgan fingerprint density at radius 3 is 1.37 bits per heavy atom. The van der Waals surface area contributed by atoms with Gasteiger partial charge in [-0.05, 0) is 29.7 Å². The first-order chi connectivity index (χ1) is 25.4. The molecule has 0 unspecified atom stereocenters. The van der Waals surface area contributed by atoms with Crippen LogP contribution >= 0.6 is 0 Å². The molecule has 1 saturated heterocycles. The van der Waals surface area contributed by atoms with E-state index in [-0.39, 0.29) is 31.9 Å². The summed E-state index contributed by atoms with van der Waals surface area (Å²) in [6.07, 6.45) is 4.56. The largest absolute Gasteiger partial charge is 4.00 e. The van der Waals surface area contributed by atoms with E-state index in [2.05, 4.69) is 186 Å². The van der Waals surface area contributed by atoms with Crippen LogP contribution < -0.4 is 4.90 Å². The number of rotatable bonds is 6. The molecule has 2 nitrogen and oxygen atoms in total. The van der Waals surface area contributed by atoms with E-state index in [1.165, 1.54) is 92.6 Å². The van der Waals surface area contributed by atoms with E-state index in [1.54, 1.807) is 0 Å². The van der Waals surface area contributed by atoms with Gasteiger partial charge in [0.15, 0.2) is 0 Å². The molecule has 9 rings (SSSR count). The van der Waals surface area contributed by atoms with Crippen molar-refractivity contribution in [1.82, 2.24) is 4.98 Å². The third-order valence-electron chi connectivity index (χ3n) is 9.52. The number of hydrogen-bond acceptors (Lipinski definition) is 2. The molecular formula is C51H50FeN2. The van der Waals surface area contributed by atoms with Crippen LogP contribution in [0.15, 0.2) is 182 Å². The number of fused-ring (bicyclic) bond motifs is 1. The topological polar surface area (TPSA) is 16.1 Å². The van der Waals surface area contributed by atoms with Crippen LogP contribution in [0.2, 0.25) is 0 Å². The average Bonchev–Trinajstić information content (AvgIpc) is 4.01. The van der Waals surface area contributed by atoms with E-state index in [4.69, 9.17) is 0 Å². The van der Waals surface area contributed by atoms with E-state index in [0.29, 0.717) is 0 Å². The number of hydrogen-bond donors (Lipinski definition) is 0. The summed E-state index contributed by atoms with van der Waals surface area (Å²) in [5.74, 6) is 0. The molecule has 0 amide bonds. The molecule has 0 spiro atoms. The first-order valence-corrected chi connectivity index (χ1v) is 18.3.